The van der Waals surface area contributed by atoms with E-state index in [9.17, 15) is 32.7 Å². The number of nitrogens with zero attached hydrogens (tertiary/aromatic N) is 4. The summed E-state index contributed by atoms with van der Waals surface area (Å²) in [5.74, 6) is -0.568. The van der Waals surface area contributed by atoms with Crippen LogP contribution in [-0.4, -0.2) is 57.6 Å². The van der Waals surface area contributed by atoms with Crippen molar-refractivity contribution in [3.63, 3.8) is 0 Å². The van der Waals surface area contributed by atoms with Gasteiger partial charge in [-0.15, -0.1) is 0 Å². The number of β-lactam (4-membered cyclic amide) rings is 1. The van der Waals surface area contributed by atoms with Gasteiger partial charge in [0.05, 0.1) is 36.5 Å². The van der Waals surface area contributed by atoms with Crippen LogP contribution in [0.2, 0.25) is 0 Å². The number of rotatable bonds is 8. The molecule has 13 heteroatoms. The van der Waals surface area contributed by atoms with Crippen LogP contribution in [-0.2, 0) is 22.3 Å². The number of anilines is 1. The number of hydrogen-bond donors (Lipinski definition) is 1. The number of halogens is 3. The quantitative estimate of drug-likeness (QED) is 0.201. The van der Waals surface area contributed by atoms with Crippen molar-refractivity contribution >= 4 is 23.9 Å². The number of amides is 2. The fourth-order valence-corrected chi connectivity index (χ4v) is 6.08. The molecule has 6 rings (SSSR count). The Morgan fingerprint density at radius 2 is 1.81 bits per heavy atom. The van der Waals surface area contributed by atoms with Crippen molar-refractivity contribution in [3.05, 3.63) is 94.3 Å². The Hall–Kier alpha value is -5.46. The van der Waals surface area contributed by atoms with Crippen molar-refractivity contribution in [3.8, 4) is 28.0 Å². The lowest BCUT2D eigenvalue weighted by molar-refractivity contribution is -0.137. The zero-order valence-corrected chi connectivity index (χ0v) is 26.5. The number of carbonyl (C=O) groups excluding carboxylic acids is 2. The van der Waals surface area contributed by atoms with Crippen molar-refractivity contribution in [1.82, 2.24) is 14.9 Å². The molecule has 2 fully saturated rings. The van der Waals surface area contributed by atoms with Gasteiger partial charge >= 0.3 is 18.2 Å². The Labute approximate surface area is 273 Å². The molecule has 1 aromatic heterocycles. The van der Waals surface area contributed by atoms with E-state index in [0.717, 1.165) is 28.8 Å². The molecule has 0 unspecified atom stereocenters. The summed E-state index contributed by atoms with van der Waals surface area (Å²) in [4.78, 5) is 49.1. The fourth-order valence-electron chi connectivity index (χ4n) is 6.08. The maximum Gasteiger partial charge on any atom is 0.416 e. The number of benzene rings is 3. The molecule has 2 atom stereocenters. The van der Waals surface area contributed by atoms with Crippen LogP contribution >= 0.6 is 0 Å². The Bertz CT molecular complexity index is 1960. The Balaban J connectivity index is 1.41. The predicted molar refractivity (Wildman–Crippen MR) is 169 cm³/mol. The van der Waals surface area contributed by atoms with Gasteiger partial charge in [-0.2, -0.15) is 13.2 Å². The first kappa shape index (κ1) is 32.5. The van der Waals surface area contributed by atoms with Gasteiger partial charge in [0.25, 0.3) is 0 Å². The van der Waals surface area contributed by atoms with Crippen molar-refractivity contribution in [2.24, 2.45) is 0 Å². The smallest absolute Gasteiger partial charge is 0.416 e. The number of carboxylic acids is 1. The molecule has 2 amide bonds. The van der Waals surface area contributed by atoms with Crippen LogP contribution in [0.3, 0.4) is 0 Å². The number of cyclic esters (lactones) is 1. The Morgan fingerprint density at radius 1 is 1.04 bits per heavy atom. The van der Waals surface area contributed by atoms with Gasteiger partial charge in [-0.25, -0.2) is 19.6 Å². The van der Waals surface area contributed by atoms with E-state index in [4.69, 9.17) is 14.5 Å². The normalized spacial score (nSPS) is 17.7. The zero-order chi connectivity index (χ0) is 34.5. The van der Waals surface area contributed by atoms with Crippen LogP contribution in [0, 0.1) is 13.8 Å². The second-order valence-electron chi connectivity index (χ2n) is 11.9. The molecular weight excluding hydrogens is 629 g/mol. The summed E-state index contributed by atoms with van der Waals surface area (Å²) < 4.78 is 52.2. The zero-order valence-electron chi connectivity index (χ0n) is 26.5. The van der Waals surface area contributed by atoms with Crippen molar-refractivity contribution in [2.75, 3.05) is 18.6 Å². The summed E-state index contributed by atoms with van der Waals surface area (Å²) in [7, 11) is 1.50. The number of carbonyl (C=O) groups is 3. The monoisotopic (exact) mass is 660 g/mol. The highest BCUT2D eigenvalue weighted by atomic mass is 19.4. The minimum absolute atomic E-state index is 0.110. The third kappa shape index (κ3) is 6.03. The van der Waals surface area contributed by atoms with Crippen LogP contribution in [0.4, 0.5) is 23.9 Å². The first-order chi connectivity index (χ1) is 22.7. The summed E-state index contributed by atoms with van der Waals surface area (Å²) in [6.07, 6.45) is -4.38. The summed E-state index contributed by atoms with van der Waals surface area (Å²) in [6, 6.07) is 13.2. The number of ether oxygens (including phenoxy) is 2. The van der Waals surface area contributed by atoms with Crippen molar-refractivity contribution in [2.45, 2.75) is 52.1 Å². The highest BCUT2D eigenvalue weighted by molar-refractivity contribution is 5.98. The third-order valence-corrected chi connectivity index (χ3v) is 8.69. The molecule has 2 saturated heterocycles. The van der Waals surface area contributed by atoms with Crippen LogP contribution < -0.4 is 9.64 Å². The van der Waals surface area contributed by atoms with Gasteiger partial charge in [-0.1, -0.05) is 23.8 Å². The molecule has 0 aliphatic carbocycles. The van der Waals surface area contributed by atoms with Gasteiger partial charge in [0.2, 0.25) is 11.9 Å². The summed E-state index contributed by atoms with van der Waals surface area (Å²) >= 11 is 0. The van der Waals surface area contributed by atoms with E-state index < -0.39 is 35.9 Å². The van der Waals surface area contributed by atoms with Crippen LogP contribution in [0.25, 0.3) is 22.3 Å². The first-order valence-electron chi connectivity index (χ1n) is 15.1. The van der Waals surface area contributed by atoms with Gasteiger partial charge in [0.1, 0.15) is 11.9 Å². The van der Waals surface area contributed by atoms with E-state index >= 15 is 0 Å². The summed E-state index contributed by atoms with van der Waals surface area (Å²) in [5, 5.41) is 9.42. The largest absolute Gasteiger partial charge is 0.496 e. The molecule has 48 heavy (non-hydrogen) atoms. The average Bonchev–Trinajstić information content (AvgIpc) is 3.31. The van der Waals surface area contributed by atoms with Gasteiger partial charge < -0.3 is 14.6 Å². The van der Waals surface area contributed by atoms with E-state index in [1.54, 1.807) is 44.3 Å². The second kappa shape index (κ2) is 12.3. The molecule has 10 nitrogen and oxygen atoms in total. The maximum absolute atomic E-state index is 13.6. The second-order valence-corrected chi connectivity index (χ2v) is 11.9. The lowest BCUT2D eigenvalue weighted by atomic mass is 9.94. The molecule has 2 aliphatic heterocycles. The number of aryl methyl sites for hydroxylation is 2. The summed E-state index contributed by atoms with van der Waals surface area (Å²) in [6.45, 7) is 5.37. The molecule has 0 spiro atoms. The molecule has 2 aliphatic rings. The number of aromatic carboxylic acids is 1. The van der Waals surface area contributed by atoms with Crippen LogP contribution in [0.15, 0.2) is 60.8 Å². The number of alkyl halides is 3. The standard InChI is InChI=1S/C35H31F3N4O6/c1-18-11-23(14-24(12-18)35(36,37)38)31-20(3)42(34(46)48-31)17-28-27(16-39-33(40-28)41-10-9-30(41)43)26-15-21(6-8-29(26)47-4)25-7-5-22(32(44)45)13-19(25)2/h5-8,11-16,20,31H,9-10,17H2,1-4H3,(H,44,45)/t20-,31-/m0/s1. The topological polar surface area (TPSA) is 122 Å². The van der Waals surface area contributed by atoms with E-state index in [2.05, 4.69) is 4.98 Å². The van der Waals surface area contributed by atoms with Gasteiger partial charge in [-0.05, 0) is 79.4 Å². The Kier molecular flexibility index (Phi) is 8.31. The van der Waals surface area contributed by atoms with E-state index in [0.29, 0.717) is 41.1 Å². The van der Waals surface area contributed by atoms with E-state index in [1.165, 1.54) is 23.0 Å². The van der Waals surface area contributed by atoms with Crippen molar-refractivity contribution in [1.29, 1.82) is 0 Å². The molecule has 3 aromatic carbocycles. The van der Waals surface area contributed by atoms with Gasteiger partial charge in [0.15, 0.2) is 0 Å². The lowest BCUT2D eigenvalue weighted by Crippen LogP contribution is -2.44. The van der Waals surface area contributed by atoms with E-state index in [1.807, 2.05) is 19.1 Å². The summed E-state index contributed by atoms with van der Waals surface area (Å²) in [5.41, 5.74) is 3.61. The molecule has 0 saturated carbocycles. The van der Waals surface area contributed by atoms with Gasteiger partial charge in [0, 0.05) is 30.3 Å². The molecule has 4 aromatic rings. The average molecular weight is 661 g/mol. The molecule has 248 valence electrons. The number of hydrogen-bond acceptors (Lipinski definition) is 7. The first-order valence-corrected chi connectivity index (χ1v) is 15.1. The molecule has 3 heterocycles. The van der Waals surface area contributed by atoms with Gasteiger partial charge in [-0.3, -0.25) is 14.6 Å². The third-order valence-electron chi connectivity index (χ3n) is 8.69. The highest BCUT2D eigenvalue weighted by Crippen LogP contribution is 2.41. The minimum atomic E-state index is -4.57. The van der Waals surface area contributed by atoms with E-state index in [-0.39, 0.29) is 29.5 Å². The number of aromatic nitrogens is 2. The predicted octanol–water partition coefficient (Wildman–Crippen LogP) is 6.97. The van der Waals surface area contributed by atoms with Crippen molar-refractivity contribution < 1.29 is 42.1 Å². The molecular formula is C35H31F3N4O6. The number of methoxy groups -OCH3 is 1. The maximum atomic E-state index is 13.6. The number of carboxylic acid groups (broad SMARTS) is 1. The fraction of sp³-hybridized carbons (Fsp3) is 0.286. The molecule has 1 N–H and O–H groups in total. The Morgan fingerprint density at radius 3 is 2.44 bits per heavy atom. The van der Waals surface area contributed by atoms with Crippen LogP contribution in [0.1, 0.15) is 57.8 Å². The minimum Gasteiger partial charge on any atom is -0.496 e. The highest BCUT2D eigenvalue weighted by Gasteiger charge is 2.42. The lowest BCUT2D eigenvalue weighted by Gasteiger charge is -2.29. The SMILES string of the molecule is COc1ccc(-c2ccc(C(=O)O)cc2C)cc1-c1cnc(N2CCC2=O)nc1CN1C(=O)O[C@H](c2cc(C)cc(C(F)(F)F)c2)[C@@H]1C. The molecule has 0 bridgehead atoms. The van der Waals surface area contributed by atoms with Crippen LogP contribution in [0.5, 0.6) is 5.75 Å². The molecule has 0 radical (unpaired) electrons.